The van der Waals surface area contributed by atoms with Gasteiger partial charge in [0.1, 0.15) is 0 Å². The van der Waals surface area contributed by atoms with Crippen molar-refractivity contribution in [2.24, 2.45) is 17.8 Å². The molecule has 0 aliphatic carbocycles. The fourth-order valence-electron chi connectivity index (χ4n) is 6.25. The topological polar surface area (TPSA) is 13.0 Å². The number of piperazine rings is 1. The van der Waals surface area contributed by atoms with Crippen LogP contribution in [0.1, 0.15) is 130 Å². The normalized spacial score (nSPS) is 17.7. The van der Waals surface area contributed by atoms with Gasteiger partial charge in [-0.3, -0.25) is 4.90 Å². The molecular formula is C47H86N4. The van der Waals surface area contributed by atoms with Crippen molar-refractivity contribution in [3.63, 3.8) is 0 Å². The van der Waals surface area contributed by atoms with E-state index in [4.69, 9.17) is 0 Å². The lowest BCUT2D eigenvalue weighted by Gasteiger charge is -2.34. The summed E-state index contributed by atoms with van der Waals surface area (Å²) in [4.78, 5) is 9.70. The van der Waals surface area contributed by atoms with Crippen LogP contribution in [-0.4, -0.2) is 99.1 Å². The van der Waals surface area contributed by atoms with E-state index >= 15 is 0 Å². The molecule has 3 aliphatic heterocycles. The predicted molar refractivity (Wildman–Crippen MR) is 232 cm³/mol. The van der Waals surface area contributed by atoms with Crippen LogP contribution in [0.25, 0.3) is 0 Å². The molecule has 0 N–H and O–H groups in total. The Morgan fingerprint density at radius 1 is 0.510 bits per heavy atom. The van der Waals surface area contributed by atoms with Crippen molar-refractivity contribution in [1.29, 1.82) is 0 Å². The van der Waals surface area contributed by atoms with E-state index in [1.54, 1.807) is 5.57 Å². The molecule has 0 bridgehead atoms. The van der Waals surface area contributed by atoms with E-state index in [0.717, 1.165) is 30.3 Å². The van der Waals surface area contributed by atoms with E-state index in [-0.39, 0.29) is 7.43 Å². The van der Waals surface area contributed by atoms with Crippen LogP contribution in [0.3, 0.4) is 0 Å². The third-order valence-corrected chi connectivity index (χ3v) is 10.7. The van der Waals surface area contributed by atoms with Gasteiger partial charge in [-0.05, 0) is 122 Å². The fraction of sp³-hybridized carbons (Fsp3) is 0.702. The van der Waals surface area contributed by atoms with Crippen molar-refractivity contribution in [2.75, 3.05) is 73.5 Å². The Morgan fingerprint density at radius 2 is 0.922 bits per heavy atom. The van der Waals surface area contributed by atoms with Crippen LogP contribution in [0.5, 0.6) is 0 Å². The average molecular weight is 707 g/mol. The Kier molecular flexibility index (Phi) is 25.7. The summed E-state index contributed by atoms with van der Waals surface area (Å²) in [6, 6.07) is 18.2. The van der Waals surface area contributed by atoms with E-state index in [1.165, 1.54) is 87.3 Å². The number of nitrogens with zero attached hydrogens (tertiary/aromatic N) is 4. The predicted octanol–water partition coefficient (Wildman–Crippen LogP) is 11.4. The maximum atomic E-state index is 2.53. The molecule has 2 fully saturated rings. The summed E-state index contributed by atoms with van der Waals surface area (Å²) in [6.45, 7) is 36.8. The third-order valence-electron chi connectivity index (χ3n) is 10.7. The zero-order valence-corrected chi connectivity index (χ0v) is 35.7. The Hall–Kier alpha value is -1.98. The molecule has 4 heteroatoms. The molecule has 5 rings (SSSR count). The van der Waals surface area contributed by atoms with Gasteiger partial charge in [-0.2, -0.15) is 0 Å². The molecule has 4 nitrogen and oxygen atoms in total. The zero-order chi connectivity index (χ0) is 37.8. The molecular weight excluding hydrogens is 621 g/mol. The number of rotatable bonds is 5. The minimum absolute atomic E-state index is 0. The van der Waals surface area contributed by atoms with Crippen molar-refractivity contribution in [2.45, 2.75) is 128 Å². The summed E-state index contributed by atoms with van der Waals surface area (Å²) in [5.41, 5.74) is 7.16. The number of hydrogen-bond acceptors (Lipinski definition) is 4. The second kappa shape index (κ2) is 26.7. The monoisotopic (exact) mass is 707 g/mol. The molecule has 51 heavy (non-hydrogen) atoms. The number of likely N-dealkylation sites (N-methyl/N-ethyl adjacent to an activating group) is 2. The molecule has 0 radical (unpaired) electrons. The standard InChI is InChI=1S/2C10H14.C9H19N.C9H17N.C8H18N2.CH4/c2*1-8(2)10-6-4-9(3)5-7-10;2*1-8(2)9-4-6-10(3)7-5-9;1-8(2)10-6-4-9(3)5-7-10;/h2*4-8H,1-3H3;8-9H,4-7H2,1-3H3;4,8H,5-7H2,1-3H3;8H,4-7H2,1-3H3;1H4. The smallest absolute Gasteiger partial charge is 0.0163 e. The van der Waals surface area contributed by atoms with Gasteiger partial charge in [-0.25, -0.2) is 0 Å². The van der Waals surface area contributed by atoms with Crippen LogP contribution < -0.4 is 0 Å². The lowest BCUT2D eigenvalue weighted by atomic mass is 9.87. The number of benzene rings is 2. The Bertz CT molecular complexity index is 1050. The largest absolute Gasteiger partial charge is 0.306 e. The lowest BCUT2D eigenvalue weighted by molar-refractivity contribution is 0.126. The minimum atomic E-state index is 0. The number of likely N-dealkylation sites (tertiary alicyclic amines) is 1. The van der Waals surface area contributed by atoms with Crippen molar-refractivity contribution < 1.29 is 0 Å². The average Bonchev–Trinajstić information content (AvgIpc) is 3.07. The number of aryl methyl sites for hydroxylation is 2. The lowest BCUT2D eigenvalue weighted by Crippen LogP contribution is -2.47. The van der Waals surface area contributed by atoms with Crippen LogP contribution in [0.2, 0.25) is 0 Å². The van der Waals surface area contributed by atoms with Gasteiger partial charge < -0.3 is 14.7 Å². The van der Waals surface area contributed by atoms with Crippen molar-refractivity contribution in [1.82, 2.24) is 19.6 Å². The van der Waals surface area contributed by atoms with Crippen molar-refractivity contribution >= 4 is 0 Å². The van der Waals surface area contributed by atoms with E-state index in [1.807, 2.05) is 0 Å². The van der Waals surface area contributed by atoms with Gasteiger partial charge in [0.15, 0.2) is 0 Å². The van der Waals surface area contributed by atoms with Gasteiger partial charge in [-0.1, -0.05) is 134 Å². The van der Waals surface area contributed by atoms with E-state index < -0.39 is 0 Å². The molecule has 0 spiro atoms. The van der Waals surface area contributed by atoms with E-state index in [9.17, 15) is 0 Å². The molecule has 0 unspecified atom stereocenters. The van der Waals surface area contributed by atoms with Crippen LogP contribution in [-0.2, 0) is 0 Å². The Labute approximate surface area is 320 Å². The maximum absolute atomic E-state index is 2.53. The highest BCUT2D eigenvalue weighted by Crippen LogP contribution is 2.23. The molecule has 0 amide bonds. The minimum Gasteiger partial charge on any atom is -0.306 e. The first-order valence-electron chi connectivity index (χ1n) is 20.1. The van der Waals surface area contributed by atoms with Crippen LogP contribution in [0, 0.1) is 31.6 Å². The van der Waals surface area contributed by atoms with Gasteiger partial charge in [0.2, 0.25) is 0 Å². The zero-order valence-electron chi connectivity index (χ0n) is 35.7. The van der Waals surface area contributed by atoms with Crippen LogP contribution >= 0.6 is 0 Å². The molecule has 2 aromatic rings. The molecule has 3 heterocycles. The third kappa shape index (κ3) is 22.0. The molecule has 0 atom stereocenters. The molecule has 294 valence electrons. The highest BCUT2D eigenvalue weighted by atomic mass is 15.3. The molecule has 2 saturated heterocycles. The van der Waals surface area contributed by atoms with Crippen molar-refractivity contribution in [3.8, 4) is 0 Å². The quantitative estimate of drug-likeness (QED) is 0.287. The van der Waals surface area contributed by atoms with Crippen LogP contribution in [0.15, 0.2) is 60.2 Å². The fourth-order valence-corrected chi connectivity index (χ4v) is 6.25. The van der Waals surface area contributed by atoms with Crippen LogP contribution in [0.4, 0.5) is 0 Å². The van der Waals surface area contributed by atoms with Gasteiger partial charge in [0.05, 0.1) is 0 Å². The van der Waals surface area contributed by atoms with Gasteiger partial charge >= 0.3 is 0 Å². The summed E-state index contributed by atoms with van der Waals surface area (Å²) in [5, 5.41) is 0. The second-order valence-corrected chi connectivity index (χ2v) is 16.9. The molecule has 3 aliphatic rings. The number of piperidine rings is 1. The Morgan fingerprint density at radius 3 is 1.24 bits per heavy atom. The SMILES string of the molecule is C.CC(C)C1=CCN(C)CC1.CC(C)C1CCN(C)CC1.CC(C)N1CCN(C)CC1.Cc1ccc(C(C)C)cc1.Cc1ccc(C(C)C)cc1. The first-order valence-corrected chi connectivity index (χ1v) is 20.1. The first kappa shape index (κ1) is 49.0. The second-order valence-electron chi connectivity index (χ2n) is 16.9. The molecule has 0 aromatic heterocycles. The van der Waals surface area contributed by atoms with E-state index in [0.29, 0.717) is 11.8 Å². The first-order chi connectivity index (χ1) is 23.5. The summed E-state index contributed by atoms with van der Waals surface area (Å²) >= 11 is 0. The summed E-state index contributed by atoms with van der Waals surface area (Å²) < 4.78 is 0. The molecule has 0 saturated carbocycles. The molecule has 2 aromatic carbocycles. The summed E-state index contributed by atoms with van der Waals surface area (Å²) in [7, 11) is 6.59. The maximum Gasteiger partial charge on any atom is 0.0163 e. The van der Waals surface area contributed by atoms with Gasteiger partial charge in [0.25, 0.3) is 0 Å². The summed E-state index contributed by atoms with van der Waals surface area (Å²) in [5.74, 6) is 3.96. The highest BCUT2D eigenvalue weighted by Gasteiger charge is 2.19. The number of hydrogen-bond donors (Lipinski definition) is 0. The van der Waals surface area contributed by atoms with E-state index in [2.05, 4.69) is 178 Å². The summed E-state index contributed by atoms with van der Waals surface area (Å²) in [6.07, 6.45) is 6.46. The Balaban J connectivity index is 0.000000610. The van der Waals surface area contributed by atoms with Gasteiger partial charge in [0, 0.05) is 45.3 Å². The van der Waals surface area contributed by atoms with Crippen molar-refractivity contribution in [3.05, 3.63) is 82.4 Å². The highest BCUT2D eigenvalue weighted by molar-refractivity contribution is 5.24. The van der Waals surface area contributed by atoms with Gasteiger partial charge in [-0.15, -0.1) is 0 Å².